The van der Waals surface area contributed by atoms with Crippen LogP contribution in [0, 0.1) is 17.8 Å². The summed E-state index contributed by atoms with van der Waals surface area (Å²) in [6.07, 6.45) is 6.74. The van der Waals surface area contributed by atoms with Gasteiger partial charge in [-0.05, 0) is 56.5 Å². The van der Waals surface area contributed by atoms with Gasteiger partial charge in [-0.1, -0.05) is 13.3 Å². The van der Waals surface area contributed by atoms with Crippen LogP contribution in [0.2, 0.25) is 0 Å². The van der Waals surface area contributed by atoms with Crippen LogP contribution in [0.4, 0.5) is 5.95 Å². The van der Waals surface area contributed by atoms with Crippen molar-refractivity contribution in [2.45, 2.75) is 44.9 Å². The molecule has 1 aromatic heterocycles. The number of hydrogen-bond donors (Lipinski definition) is 2. The molecule has 21 heavy (non-hydrogen) atoms. The van der Waals surface area contributed by atoms with Crippen LogP contribution in [-0.2, 0) is 0 Å². The van der Waals surface area contributed by atoms with Crippen molar-refractivity contribution in [3.8, 4) is 0 Å². The number of aromatic amines is 1. The molecule has 2 aliphatic carbocycles. The SMILES string of the molecule is CCNCC1CCN(c2n[nH]c(C3C4CCCC43)n2)CC1. The lowest BCUT2D eigenvalue weighted by molar-refractivity contribution is 0.384. The lowest BCUT2D eigenvalue weighted by Crippen LogP contribution is -2.37. The molecule has 5 nitrogen and oxygen atoms in total. The molecule has 2 atom stereocenters. The highest BCUT2D eigenvalue weighted by molar-refractivity contribution is 5.32. The van der Waals surface area contributed by atoms with E-state index in [4.69, 9.17) is 4.98 Å². The van der Waals surface area contributed by atoms with Crippen LogP contribution >= 0.6 is 0 Å². The summed E-state index contributed by atoms with van der Waals surface area (Å²) in [5.74, 6) is 5.45. The summed E-state index contributed by atoms with van der Waals surface area (Å²) in [5, 5.41) is 11.2. The van der Waals surface area contributed by atoms with Crippen LogP contribution in [0.1, 0.15) is 50.8 Å². The standard InChI is InChI=1S/C16H27N5/c1-2-17-10-11-6-8-21(9-7-11)16-18-15(19-20-16)14-12-4-3-5-13(12)14/h11-14,17H,2-10H2,1H3,(H,18,19,20). The summed E-state index contributed by atoms with van der Waals surface area (Å²) in [7, 11) is 0. The second-order valence-corrected chi connectivity index (χ2v) is 7.04. The van der Waals surface area contributed by atoms with Crippen molar-refractivity contribution in [2.24, 2.45) is 17.8 Å². The quantitative estimate of drug-likeness (QED) is 0.872. The Morgan fingerprint density at radius 3 is 2.67 bits per heavy atom. The van der Waals surface area contributed by atoms with Crippen molar-refractivity contribution in [3.63, 3.8) is 0 Å². The highest BCUT2D eigenvalue weighted by Crippen LogP contribution is 2.62. The van der Waals surface area contributed by atoms with Crippen LogP contribution in [-0.4, -0.2) is 41.4 Å². The number of anilines is 1. The molecule has 1 aromatic rings. The Labute approximate surface area is 126 Å². The molecule has 1 aliphatic heterocycles. The lowest BCUT2D eigenvalue weighted by Gasteiger charge is -2.31. The van der Waals surface area contributed by atoms with Crippen molar-refractivity contribution >= 4 is 5.95 Å². The largest absolute Gasteiger partial charge is 0.340 e. The Kier molecular flexibility index (Phi) is 3.61. The van der Waals surface area contributed by atoms with E-state index in [2.05, 4.69) is 27.3 Å². The fourth-order valence-corrected chi connectivity index (χ4v) is 4.47. The van der Waals surface area contributed by atoms with E-state index in [1.807, 2.05) is 0 Å². The molecule has 116 valence electrons. The molecule has 0 spiro atoms. The fraction of sp³-hybridized carbons (Fsp3) is 0.875. The maximum atomic E-state index is 4.81. The van der Waals surface area contributed by atoms with E-state index in [0.717, 1.165) is 55.7 Å². The second kappa shape index (κ2) is 5.59. The molecular weight excluding hydrogens is 262 g/mol. The molecule has 3 aliphatic rings. The maximum Gasteiger partial charge on any atom is 0.244 e. The van der Waals surface area contributed by atoms with Gasteiger partial charge in [0.15, 0.2) is 0 Å². The first kappa shape index (κ1) is 13.6. The maximum absolute atomic E-state index is 4.81. The molecule has 3 fully saturated rings. The number of piperidine rings is 1. The zero-order valence-corrected chi connectivity index (χ0v) is 13.0. The van der Waals surface area contributed by atoms with E-state index < -0.39 is 0 Å². The molecule has 2 unspecified atom stereocenters. The van der Waals surface area contributed by atoms with E-state index in [-0.39, 0.29) is 0 Å². The number of nitrogens with one attached hydrogen (secondary N) is 2. The van der Waals surface area contributed by atoms with Gasteiger partial charge in [-0.2, -0.15) is 4.98 Å². The summed E-state index contributed by atoms with van der Waals surface area (Å²) in [4.78, 5) is 7.17. The van der Waals surface area contributed by atoms with E-state index in [1.165, 1.54) is 32.1 Å². The zero-order valence-electron chi connectivity index (χ0n) is 13.0. The molecule has 2 N–H and O–H groups in total. The monoisotopic (exact) mass is 289 g/mol. The molecule has 4 rings (SSSR count). The Morgan fingerprint density at radius 2 is 1.95 bits per heavy atom. The van der Waals surface area contributed by atoms with Crippen molar-refractivity contribution in [1.29, 1.82) is 0 Å². The molecule has 0 amide bonds. The van der Waals surface area contributed by atoms with Gasteiger partial charge in [0, 0.05) is 19.0 Å². The zero-order chi connectivity index (χ0) is 14.2. The van der Waals surface area contributed by atoms with Gasteiger partial charge in [0.25, 0.3) is 0 Å². The molecule has 0 radical (unpaired) electrons. The number of nitrogens with zero attached hydrogens (tertiary/aromatic N) is 3. The molecule has 5 heteroatoms. The molecule has 2 saturated carbocycles. The Bertz CT molecular complexity index is 467. The number of aromatic nitrogens is 3. The van der Waals surface area contributed by atoms with E-state index in [1.54, 1.807) is 0 Å². The van der Waals surface area contributed by atoms with Gasteiger partial charge >= 0.3 is 0 Å². The number of hydrogen-bond acceptors (Lipinski definition) is 4. The first-order valence-corrected chi connectivity index (χ1v) is 8.74. The summed E-state index contributed by atoms with van der Waals surface area (Å²) < 4.78 is 0. The van der Waals surface area contributed by atoms with Gasteiger partial charge < -0.3 is 10.2 Å². The Hall–Kier alpha value is -1.10. The fourth-order valence-electron chi connectivity index (χ4n) is 4.47. The van der Waals surface area contributed by atoms with Gasteiger partial charge in [0.2, 0.25) is 5.95 Å². The predicted molar refractivity (Wildman–Crippen MR) is 83.4 cm³/mol. The molecule has 1 saturated heterocycles. The van der Waals surface area contributed by atoms with Crippen molar-refractivity contribution in [2.75, 3.05) is 31.1 Å². The molecular formula is C16H27N5. The highest BCUT2D eigenvalue weighted by Gasteiger charge is 2.55. The minimum Gasteiger partial charge on any atom is -0.340 e. The summed E-state index contributed by atoms with van der Waals surface area (Å²) in [5.41, 5.74) is 0. The summed E-state index contributed by atoms with van der Waals surface area (Å²) >= 11 is 0. The van der Waals surface area contributed by atoms with Crippen molar-refractivity contribution in [3.05, 3.63) is 5.82 Å². The Balaban J connectivity index is 1.32. The molecule has 0 aromatic carbocycles. The van der Waals surface area contributed by atoms with Crippen LogP contribution in [0.25, 0.3) is 0 Å². The molecule has 2 heterocycles. The number of rotatable bonds is 5. The number of fused-ring (bicyclic) bond motifs is 1. The highest BCUT2D eigenvalue weighted by atomic mass is 15.4. The molecule has 0 bridgehead atoms. The number of H-pyrrole nitrogens is 1. The average Bonchev–Trinajstić information content (AvgIpc) is 2.92. The minimum absolute atomic E-state index is 0.700. The average molecular weight is 289 g/mol. The third kappa shape index (κ3) is 2.56. The van der Waals surface area contributed by atoms with Crippen molar-refractivity contribution < 1.29 is 0 Å². The summed E-state index contributed by atoms with van der Waals surface area (Å²) in [6, 6.07) is 0. The predicted octanol–water partition coefficient (Wildman–Crippen LogP) is 2.14. The minimum atomic E-state index is 0.700. The summed E-state index contributed by atoms with van der Waals surface area (Å²) in [6.45, 7) is 6.62. The normalized spacial score (nSPS) is 32.4. The van der Waals surface area contributed by atoms with Gasteiger partial charge in [-0.3, -0.25) is 5.10 Å². The lowest BCUT2D eigenvalue weighted by atomic mass is 9.97. The van der Waals surface area contributed by atoms with E-state index in [0.29, 0.717) is 5.92 Å². The second-order valence-electron chi connectivity index (χ2n) is 7.04. The third-order valence-electron chi connectivity index (χ3n) is 5.79. The van der Waals surface area contributed by atoms with Crippen LogP contribution < -0.4 is 10.2 Å². The first-order chi connectivity index (χ1) is 10.4. The van der Waals surface area contributed by atoms with Gasteiger partial charge in [0.1, 0.15) is 5.82 Å². The van der Waals surface area contributed by atoms with Gasteiger partial charge in [0.05, 0.1) is 0 Å². The van der Waals surface area contributed by atoms with Gasteiger partial charge in [-0.25, -0.2) is 0 Å². The van der Waals surface area contributed by atoms with E-state index in [9.17, 15) is 0 Å². The topological polar surface area (TPSA) is 56.8 Å². The van der Waals surface area contributed by atoms with Crippen molar-refractivity contribution in [1.82, 2.24) is 20.5 Å². The smallest absolute Gasteiger partial charge is 0.244 e. The third-order valence-corrected chi connectivity index (χ3v) is 5.79. The Morgan fingerprint density at radius 1 is 1.19 bits per heavy atom. The first-order valence-electron chi connectivity index (χ1n) is 8.74. The van der Waals surface area contributed by atoms with Crippen LogP contribution in [0.3, 0.4) is 0 Å². The van der Waals surface area contributed by atoms with Crippen LogP contribution in [0.15, 0.2) is 0 Å². The van der Waals surface area contributed by atoms with Gasteiger partial charge in [-0.15, -0.1) is 5.10 Å². The van der Waals surface area contributed by atoms with E-state index >= 15 is 0 Å². The van der Waals surface area contributed by atoms with Crippen LogP contribution in [0.5, 0.6) is 0 Å².